The van der Waals surface area contributed by atoms with Gasteiger partial charge >= 0.3 is 0 Å². The van der Waals surface area contributed by atoms with Crippen molar-refractivity contribution in [2.45, 2.75) is 17.8 Å². The van der Waals surface area contributed by atoms with Crippen LogP contribution < -0.4 is 0 Å². The molecular formula is C21H17NO2. The van der Waals surface area contributed by atoms with E-state index in [1.54, 1.807) is 7.05 Å². The minimum Gasteiger partial charge on any atom is -0.281 e. The van der Waals surface area contributed by atoms with Crippen LogP contribution in [0.15, 0.2) is 54.6 Å². The molecule has 1 heterocycles. The molecule has 3 aliphatic rings. The molecule has 1 saturated carbocycles. The molecule has 1 fully saturated rings. The van der Waals surface area contributed by atoms with E-state index in [0.29, 0.717) is 5.56 Å². The molecule has 2 aromatic carbocycles. The Balaban J connectivity index is 1.82. The first-order chi connectivity index (χ1) is 11.7. The molecule has 1 aliphatic heterocycles. The first-order valence-electron chi connectivity index (χ1n) is 8.35. The fourth-order valence-corrected chi connectivity index (χ4v) is 4.93. The summed E-state index contributed by atoms with van der Waals surface area (Å²) in [6, 6.07) is 16.0. The molecule has 3 atom stereocenters. The summed E-state index contributed by atoms with van der Waals surface area (Å²) in [5.41, 5.74) is 3.21. The molecule has 5 rings (SSSR count). The van der Waals surface area contributed by atoms with Crippen LogP contribution in [0.5, 0.6) is 0 Å². The third-order valence-corrected chi connectivity index (χ3v) is 6.04. The monoisotopic (exact) mass is 315 g/mol. The second kappa shape index (κ2) is 4.44. The smallest absolute Gasteiger partial charge is 0.260 e. The van der Waals surface area contributed by atoms with Crippen molar-refractivity contribution in [1.82, 2.24) is 4.90 Å². The Kier molecular flexibility index (Phi) is 2.54. The van der Waals surface area contributed by atoms with Gasteiger partial charge in [-0.15, -0.1) is 0 Å². The van der Waals surface area contributed by atoms with Crippen molar-refractivity contribution in [3.63, 3.8) is 0 Å². The highest BCUT2D eigenvalue weighted by atomic mass is 16.2. The molecule has 2 aromatic rings. The predicted molar refractivity (Wildman–Crippen MR) is 91.5 cm³/mol. The summed E-state index contributed by atoms with van der Waals surface area (Å²) in [5.74, 6) is 0.0492. The van der Waals surface area contributed by atoms with Crippen LogP contribution in [0.25, 0.3) is 6.08 Å². The van der Waals surface area contributed by atoms with Crippen molar-refractivity contribution in [1.29, 1.82) is 0 Å². The molecule has 0 aromatic heterocycles. The number of hydrogen-bond donors (Lipinski definition) is 0. The Morgan fingerprint density at radius 2 is 1.83 bits per heavy atom. The third-order valence-electron chi connectivity index (χ3n) is 6.04. The van der Waals surface area contributed by atoms with E-state index in [1.807, 2.05) is 36.4 Å². The third kappa shape index (κ3) is 1.39. The SMILES string of the molecule is CN1C(=O)c2cccc3c2[C@]2(C1=O)C(C=C3)C[C@@H]2c1ccccc1. The summed E-state index contributed by atoms with van der Waals surface area (Å²) >= 11 is 0. The van der Waals surface area contributed by atoms with Crippen LogP contribution in [0.3, 0.4) is 0 Å². The van der Waals surface area contributed by atoms with Crippen LogP contribution in [-0.2, 0) is 10.2 Å². The number of nitrogens with zero attached hydrogens (tertiary/aromatic N) is 1. The van der Waals surface area contributed by atoms with Crippen LogP contribution in [0.2, 0.25) is 0 Å². The van der Waals surface area contributed by atoms with Gasteiger partial charge in [-0.05, 0) is 35.1 Å². The number of benzene rings is 2. The highest BCUT2D eigenvalue weighted by Crippen LogP contribution is 2.64. The minimum atomic E-state index is -0.620. The van der Waals surface area contributed by atoms with Crippen LogP contribution in [-0.4, -0.2) is 23.8 Å². The highest BCUT2D eigenvalue weighted by Gasteiger charge is 2.66. The average Bonchev–Trinajstić information content (AvgIpc) is 2.60. The molecular weight excluding hydrogens is 298 g/mol. The molecule has 3 nitrogen and oxygen atoms in total. The molecule has 0 radical (unpaired) electrons. The second-order valence-corrected chi connectivity index (χ2v) is 6.97. The Bertz CT molecular complexity index is 915. The average molecular weight is 315 g/mol. The summed E-state index contributed by atoms with van der Waals surface area (Å²) in [6.45, 7) is 0. The number of allylic oxidation sites excluding steroid dienone is 1. The maximum atomic E-state index is 13.4. The summed E-state index contributed by atoms with van der Waals surface area (Å²) in [6.07, 6.45) is 5.18. The van der Waals surface area contributed by atoms with Gasteiger partial charge in [0.05, 0.1) is 5.41 Å². The largest absolute Gasteiger partial charge is 0.281 e. The molecule has 1 unspecified atom stereocenters. The van der Waals surface area contributed by atoms with E-state index in [4.69, 9.17) is 0 Å². The first kappa shape index (κ1) is 13.7. The van der Waals surface area contributed by atoms with Crippen LogP contribution >= 0.6 is 0 Å². The van der Waals surface area contributed by atoms with Crippen molar-refractivity contribution in [3.05, 3.63) is 76.9 Å². The van der Waals surface area contributed by atoms with E-state index in [2.05, 4.69) is 24.3 Å². The lowest BCUT2D eigenvalue weighted by atomic mass is 9.44. The maximum absolute atomic E-state index is 13.4. The summed E-state index contributed by atoms with van der Waals surface area (Å²) in [7, 11) is 1.62. The molecule has 2 amide bonds. The van der Waals surface area contributed by atoms with Crippen molar-refractivity contribution < 1.29 is 9.59 Å². The second-order valence-electron chi connectivity index (χ2n) is 6.97. The van der Waals surface area contributed by atoms with Gasteiger partial charge in [0.25, 0.3) is 5.91 Å². The molecule has 0 saturated heterocycles. The Hall–Kier alpha value is -2.68. The Labute approximate surface area is 140 Å². The number of rotatable bonds is 1. The summed E-state index contributed by atoms with van der Waals surface area (Å²) in [5, 5.41) is 0. The first-order valence-corrected chi connectivity index (χ1v) is 8.35. The zero-order valence-electron chi connectivity index (χ0n) is 13.4. The number of imide groups is 1. The number of carbonyl (C=O) groups excluding carboxylic acids is 2. The van der Waals surface area contributed by atoms with Gasteiger partial charge in [0.1, 0.15) is 0 Å². The zero-order chi connectivity index (χ0) is 16.5. The van der Waals surface area contributed by atoms with Crippen LogP contribution in [0, 0.1) is 5.92 Å². The Morgan fingerprint density at radius 1 is 1.04 bits per heavy atom. The van der Waals surface area contributed by atoms with Crippen molar-refractivity contribution in [2.75, 3.05) is 7.05 Å². The molecule has 0 N–H and O–H groups in total. The van der Waals surface area contributed by atoms with Crippen molar-refractivity contribution >= 4 is 17.9 Å². The molecule has 118 valence electrons. The van der Waals surface area contributed by atoms with E-state index in [1.165, 1.54) is 10.5 Å². The quantitative estimate of drug-likeness (QED) is 0.757. The van der Waals surface area contributed by atoms with Gasteiger partial charge < -0.3 is 0 Å². The number of hydrogen-bond acceptors (Lipinski definition) is 2. The standard InChI is InChI=1S/C21H17NO2/c1-22-19(23)16-9-5-8-14-10-11-15-12-17(13-6-3-2-4-7-13)21(15,18(14)16)20(22)24/h2-11,15,17H,12H2,1H3/t15?,17-,21+/m1/s1. The minimum absolute atomic E-state index is 0.0538. The normalized spacial score (nSPS) is 29.8. The van der Waals surface area contributed by atoms with E-state index < -0.39 is 5.41 Å². The predicted octanol–water partition coefficient (Wildman–Crippen LogP) is 3.37. The van der Waals surface area contributed by atoms with Gasteiger partial charge in [-0.25, -0.2) is 0 Å². The molecule has 0 bridgehead atoms. The maximum Gasteiger partial charge on any atom is 0.260 e. The van der Waals surface area contributed by atoms with E-state index in [-0.39, 0.29) is 23.7 Å². The fourth-order valence-electron chi connectivity index (χ4n) is 4.93. The van der Waals surface area contributed by atoms with Gasteiger partial charge in [-0.1, -0.05) is 54.6 Å². The Morgan fingerprint density at radius 3 is 2.62 bits per heavy atom. The molecule has 3 heteroatoms. The highest BCUT2D eigenvalue weighted by molar-refractivity contribution is 6.15. The lowest BCUT2D eigenvalue weighted by Crippen LogP contribution is -2.65. The van der Waals surface area contributed by atoms with Gasteiger partial charge in [-0.2, -0.15) is 0 Å². The van der Waals surface area contributed by atoms with Crippen molar-refractivity contribution in [3.8, 4) is 0 Å². The van der Waals surface area contributed by atoms with Gasteiger partial charge in [-0.3, -0.25) is 14.5 Å². The summed E-state index contributed by atoms with van der Waals surface area (Å²) in [4.78, 5) is 27.3. The van der Waals surface area contributed by atoms with Crippen molar-refractivity contribution in [2.24, 2.45) is 5.92 Å². The lowest BCUT2D eigenvalue weighted by molar-refractivity contribution is -0.142. The molecule has 1 spiro atoms. The van der Waals surface area contributed by atoms with E-state index in [0.717, 1.165) is 17.5 Å². The number of carbonyl (C=O) groups is 2. The molecule has 24 heavy (non-hydrogen) atoms. The summed E-state index contributed by atoms with van der Waals surface area (Å²) < 4.78 is 0. The lowest BCUT2D eigenvalue weighted by Gasteiger charge is -2.59. The van der Waals surface area contributed by atoms with Gasteiger partial charge in [0.15, 0.2) is 0 Å². The van der Waals surface area contributed by atoms with E-state index >= 15 is 0 Å². The van der Waals surface area contributed by atoms with Gasteiger partial charge in [0.2, 0.25) is 5.91 Å². The molecule has 2 aliphatic carbocycles. The number of amides is 2. The fraction of sp³-hybridized carbons (Fsp3) is 0.238. The topological polar surface area (TPSA) is 37.4 Å². The van der Waals surface area contributed by atoms with Crippen LogP contribution in [0.1, 0.15) is 39.4 Å². The number of likely N-dealkylation sites (N-methyl/N-ethyl adjacent to an activating group) is 1. The van der Waals surface area contributed by atoms with Gasteiger partial charge in [0, 0.05) is 18.5 Å². The zero-order valence-corrected chi connectivity index (χ0v) is 13.4. The van der Waals surface area contributed by atoms with E-state index in [9.17, 15) is 9.59 Å². The van der Waals surface area contributed by atoms with Crippen LogP contribution in [0.4, 0.5) is 0 Å².